The Balaban J connectivity index is -0.000000321. The van der Waals surface area contributed by atoms with Crippen molar-refractivity contribution in [3.05, 3.63) is 6.92 Å². The van der Waals surface area contributed by atoms with E-state index >= 15 is 0 Å². The summed E-state index contributed by atoms with van der Waals surface area (Å²) in [6.07, 6.45) is 13.9. The molecule has 0 saturated heterocycles. The molecular weight excluding hydrogens is 298 g/mol. The fourth-order valence-corrected chi connectivity index (χ4v) is 1.49. The Morgan fingerprint density at radius 2 is 1.11 bits per heavy atom. The molecule has 116 valence electrons. The topological polar surface area (TPSA) is 77.8 Å². The van der Waals surface area contributed by atoms with E-state index in [-0.39, 0.29) is 16.5 Å². The van der Waals surface area contributed by atoms with Crippen molar-refractivity contribution >= 4 is 7.82 Å². The van der Waals surface area contributed by atoms with Gasteiger partial charge in [0.15, 0.2) is 0 Å². The molecule has 0 bridgehead atoms. The van der Waals surface area contributed by atoms with Crippen LogP contribution in [0.3, 0.4) is 0 Å². The molecule has 0 fully saturated rings. The third kappa shape index (κ3) is 43.8. The molecule has 0 aromatic carbocycles. The molecule has 0 heterocycles. The Hall–Kier alpha value is 0.604. The molecule has 0 aromatic heterocycles. The predicted molar refractivity (Wildman–Crippen MR) is 71.5 cm³/mol. The van der Waals surface area contributed by atoms with Crippen LogP contribution in [0, 0.1) is 6.92 Å². The average molecular weight is 326 g/mol. The van der Waals surface area contributed by atoms with Crippen LogP contribution in [0.2, 0.25) is 0 Å². The van der Waals surface area contributed by atoms with Gasteiger partial charge in [0.2, 0.25) is 0 Å². The molecule has 0 spiro atoms. The molecule has 6 heteroatoms. The third-order valence-corrected chi connectivity index (χ3v) is 2.35. The summed E-state index contributed by atoms with van der Waals surface area (Å²) in [6, 6.07) is 0. The van der Waals surface area contributed by atoms with Crippen LogP contribution in [0.15, 0.2) is 0 Å². The number of hydrogen-bond donors (Lipinski definition) is 3. The minimum atomic E-state index is -4.64. The summed E-state index contributed by atoms with van der Waals surface area (Å²) in [5.74, 6) is 0. The molecule has 0 aliphatic carbocycles. The van der Waals surface area contributed by atoms with Crippen LogP contribution in [-0.4, -0.2) is 14.7 Å². The number of unbranched alkanes of at least 4 members (excludes halogenated alkanes) is 9. The fraction of sp³-hybridized carbons (Fsp3) is 0.917. The number of hydrogen-bond acceptors (Lipinski definition) is 1. The summed E-state index contributed by atoms with van der Waals surface area (Å²) in [7, 11) is -4.64. The van der Waals surface area contributed by atoms with Crippen LogP contribution < -0.4 is 0 Å². The first-order chi connectivity index (χ1) is 7.91. The van der Waals surface area contributed by atoms with Gasteiger partial charge in [-0.2, -0.15) is 6.42 Å². The van der Waals surface area contributed by atoms with Crippen LogP contribution in [0.5, 0.6) is 0 Å². The van der Waals surface area contributed by atoms with E-state index in [0.717, 1.165) is 6.42 Å². The van der Waals surface area contributed by atoms with Crippen LogP contribution in [-0.2, 0) is 21.1 Å². The summed E-state index contributed by atoms with van der Waals surface area (Å²) >= 11 is 0. The summed E-state index contributed by atoms with van der Waals surface area (Å²) in [5.41, 5.74) is 0. The van der Waals surface area contributed by atoms with E-state index in [9.17, 15) is 0 Å². The zero-order valence-electron chi connectivity index (χ0n) is 11.3. The summed E-state index contributed by atoms with van der Waals surface area (Å²) in [6.45, 7) is 6.12. The van der Waals surface area contributed by atoms with Crippen molar-refractivity contribution < 1.29 is 35.7 Å². The minimum absolute atomic E-state index is 0. The van der Waals surface area contributed by atoms with Crippen LogP contribution in [0.1, 0.15) is 71.1 Å². The normalized spacial score (nSPS) is 10.3. The van der Waals surface area contributed by atoms with Crippen molar-refractivity contribution in [3.63, 3.8) is 0 Å². The Kier molecular flexibility index (Phi) is 23.2. The van der Waals surface area contributed by atoms with E-state index in [1.54, 1.807) is 0 Å². The Bertz CT molecular complexity index is 167. The van der Waals surface area contributed by atoms with E-state index in [1.807, 2.05) is 0 Å². The Labute approximate surface area is 122 Å². The number of rotatable bonds is 9. The molecule has 0 aliphatic rings. The molecule has 3 N–H and O–H groups in total. The van der Waals surface area contributed by atoms with Gasteiger partial charge in [-0.3, -0.25) is 0 Å². The Morgan fingerprint density at radius 3 is 1.39 bits per heavy atom. The summed E-state index contributed by atoms with van der Waals surface area (Å²) in [5, 5.41) is 0. The maximum Gasteiger partial charge on any atom is 0.466 e. The van der Waals surface area contributed by atoms with Gasteiger partial charge in [-0.15, -0.1) is 0 Å². The monoisotopic (exact) mass is 325 g/mol. The smallest absolute Gasteiger partial charge is 0.343 e. The van der Waals surface area contributed by atoms with Crippen molar-refractivity contribution in [2.75, 3.05) is 0 Å². The van der Waals surface area contributed by atoms with Crippen molar-refractivity contribution in [2.45, 2.75) is 71.1 Å². The van der Waals surface area contributed by atoms with E-state index in [1.165, 1.54) is 57.8 Å². The van der Waals surface area contributed by atoms with Gasteiger partial charge < -0.3 is 21.6 Å². The third-order valence-electron chi connectivity index (χ3n) is 2.35. The van der Waals surface area contributed by atoms with Crippen molar-refractivity contribution in [3.8, 4) is 0 Å². The molecule has 0 atom stereocenters. The van der Waals surface area contributed by atoms with Crippen LogP contribution >= 0.6 is 7.82 Å². The second-order valence-electron chi connectivity index (χ2n) is 4.20. The molecule has 4 nitrogen and oxygen atoms in total. The molecule has 0 rings (SSSR count). The molecule has 0 radical (unpaired) electrons. The quantitative estimate of drug-likeness (QED) is 0.261. The zero-order valence-corrected chi connectivity index (χ0v) is 13.2. The van der Waals surface area contributed by atoms with Gasteiger partial charge in [-0.25, -0.2) is 4.57 Å². The van der Waals surface area contributed by atoms with E-state index in [2.05, 4.69) is 13.8 Å². The largest absolute Gasteiger partial charge is 0.466 e. The van der Waals surface area contributed by atoms with E-state index < -0.39 is 7.82 Å². The molecule has 18 heavy (non-hydrogen) atoms. The maximum absolute atomic E-state index is 8.88. The second-order valence-corrected chi connectivity index (χ2v) is 5.22. The first kappa shape index (κ1) is 23.7. The van der Waals surface area contributed by atoms with Gasteiger partial charge in [0.25, 0.3) is 0 Å². The van der Waals surface area contributed by atoms with Gasteiger partial charge >= 0.3 is 7.82 Å². The fourth-order valence-electron chi connectivity index (χ4n) is 1.49. The molecule has 0 aliphatic heterocycles. The molecule has 0 unspecified atom stereocenters. The molecule has 0 amide bonds. The predicted octanol–water partition coefficient (Wildman–Crippen LogP) is 3.81. The minimum Gasteiger partial charge on any atom is -0.343 e. The zero-order chi connectivity index (χ0) is 13.6. The second kappa shape index (κ2) is 17.6. The van der Waals surface area contributed by atoms with Gasteiger partial charge in [0.1, 0.15) is 0 Å². The SMILES string of the molecule is O=P(O)(O)O.[CH2-]CCCCCCCCCCC.[Ni]. The van der Waals surface area contributed by atoms with Gasteiger partial charge in [0, 0.05) is 16.5 Å². The maximum atomic E-state index is 8.88. The molecule has 0 saturated carbocycles. The Morgan fingerprint density at radius 1 is 0.833 bits per heavy atom. The van der Waals surface area contributed by atoms with Crippen LogP contribution in [0.25, 0.3) is 0 Å². The van der Waals surface area contributed by atoms with Crippen molar-refractivity contribution in [2.24, 2.45) is 0 Å². The summed E-state index contributed by atoms with van der Waals surface area (Å²) in [4.78, 5) is 21.6. The van der Waals surface area contributed by atoms with Gasteiger partial charge in [-0.05, 0) is 0 Å². The van der Waals surface area contributed by atoms with Crippen molar-refractivity contribution in [1.29, 1.82) is 0 Å². The number of phosphoric acid groups is 1. The van der Waals surface area contributed by atoms with Crippen molar-refractivity contribution in [1.82, 2.24) is 0 Å². The van der Waals surface area contributed by atoms with E-state index in [0.29, 0.717) is 0 Å². The first-order valence-electron chi connectivity index (χ1n) is 6.49. The van der Waals surface area contributed by atoms with Crippen LogP contribution in [0.4, 0.5) is 0 Å². The van der Waals surface area contributed by atoms with Gasteiger partial charge in [-0.1, -0.05) is 64.7 Å². The van der Waals surface area contributed by atoms with Gasteiger partial charge in [0.05, 0.1) is 0 Å². The van der Waals surface area contributed by atoms with E-state index in [4.69, 9.17) is 19.2 Å². The average Bonchev–Trinajstić information content (AvgIpc) is 2.20. The first-order valence-corrected chi connectivity index (χ1v) is 8.05. The standard InChI is InChI=1S/C12H25.Ni.H3O4P/c1-3-5-7-9-11-12-10-8-6-4-2;;1-5(2,3)4/h1,3-12H2,2H3;;(H3,1,2,3,4)/q-1;;. The molecular formula is C12H28NiO4P-. The molecule has 0 aromatic rings. The summed E-state index contributed by atoms with van der Waals surface area (Å²) < 4.78 is 8.88.